The van der Waals surface area contributed by atoms with Crippen LogP contribution in [0.5, 0.6) is 0 Å². The van der Waals surface area contributed by atoms with Crippen molar-refractivity contribution in [3.05, 3.63) is 102 Å². The molecule has 10 aromatic rings. The molecule has 6 heterocycles. The van der Waals surface area contributed by atoms with Gasteiger partial charge in [-0.1, -0.05) is 102 Å². The number of para-hydroxylation sites is 3. The highest BCUT2D eigenvalue weighted by atomic mass is 16.3. The number of rotatable bonds is 0. The summed E-state index contributed by atoms with van der Waals surface area (Å²) in [6.45, 7) is 14.0. The second kappa shape index (κ2) is 7.74. The summed E-state index contributed by atoms with van der Waals surface area (Å²) in [6.07, 6.45) is 0. The number of fused-ring (bicyclic) bond motifs is 13. The van der Waals surface area contributed by atoms with Crippen molar-refractivity contribution in [1.82, 2.24) is 8.88 Å². The van der Waals surface area contributed by atoms with Gasteiger partial charge in [-0.15, -0.1) is 0 Å². The fraction of sp³-hybridized carbons (Fsp3) is 0.182. The third kappa shape index (κ3) is 2.69. The van der Waals surface area contributed by atoms with E-state index in [-0.39, 0.29) is 17.7 Å². The van der Waals surface area contributed by atoms with E-state index in [0.717, 1.165) is 11.2 Å². The lowest BCUT2D eigenvalue weighted by Crippen LogP contribution is -2.53. The minimum atomic E-state index is -0.0276. The lowest BCUT2D eigenvalue weighted by atomic mass is 9.45. The fourth-order valence-corrected chi connectivity index (χ4v) is 9.74. The molecule has 0 saturated carbocycles. The van der Waals surface area contributed by atoms with E-state index in [1.807, 2.05) is 0 Å². The van der Waals surface area contributed by atoms with Crippen molar-refractivity contribution in [3.63, 3.8) is 0 Å². The van der Waals surface area contributed by atoms with E-state index in [1.165, 1.54) is 104 Å². The molecule has 0 fully saturated rings. The van der Waals surface area contributed by atoms with E-state index in [9.17, 15) is 0 Å². The summed E-state index contributed by atoms with van der Waals surface area (Å²) in [4.78, 5) is 0. The lowest BCUT2D eigenvalue weighted by Gasteiger charge is -2.32. The molecule has 4 heteroatoms. The summed E-state index contributed by atoms with van der Waals surface area (Å²) < 4.78 is 12.4. The highest BCUT2D eigenvalue weighted by molar-refractivity contribution is 6.91. The van der Waals surface area contributed by atoms with Gasteiger partial charge in [-0.25, -0.2) is 0 Å². The van der Waals surface area contributed by atoms with Crippen LogP contribution in [-0.2, 0) is 10.8 Å². The average Bonchev–Trinajstić information content (AvgIpc) is 3.80. The van der Waals surface area contributed by atoms with Gasteiger partial charge in [0.15, 0.2) is 0 Å². The van der Waals surface area contributed by atoms with Crippen LogP contribution in [0.4, 0.5) is 0 Å². The van der Waals surface area contributed by atoms with Crippen LogP contribution < -0.4 is 10.9 Å². The van der Waals surface area contributed by atoms with Gasteiger partial charge < -0.3 is 13.3 Å². The maximum absolute atomic E-state index is 7.08. The minimum Gasteiger partial charge on any atom is -0.455 e. The first kappa shape index (κ1) is 25.8. The predicted octanol–water partition coefficient (Wildman–Crippen LogP) is 10.4. The predicted molar refractivity (Wildman–Crippen MR) is 205 cm³/mol. The van der Waals surface area contributed by atoms with Gasteiger partial charge in [0, 0.05) is 65.3 Å². The zero-order valence-corrected chi connectivity index (χ0v) is 28.0. The van der Waals surface area contributed by atoms with Crippen molar-refractivity contribution in [2.45, 2.75) is 52.4 Å². The van der Waals surface area contributed by atoms with Crippen molar-refractivity contribution in [1.29, 1.82) is 0 Å². The molecular weight excluding hydrogens is 583 g/mol. The maximum atomic E-state index is 7.08. The number of hydrogen-bond donors (Lipinski definition) is 0. The number of nitrogens with zero attached hydrogens (tertiary/aromatic N) is 2. The van der Waals surface area contributed by atoms with E-state index in [4.69, 9.17) is 4.42 Å². The molecule has 228 valence electrons. The summed E-state index contributed by atoms with van der Waals surface area (Å²) >= 11 is 0. The van der Waals surface area contributed by atoms with Crippen LogP contribution in [0.2, 0.25) is 0 Å². The molecule has 0 N–H and O–H groups in total. The first-order chi connectivity index (χ1) is 23.1. The molecule has 2 aliphatic rings. The van der Waals surface area contributed by atoms with E-state index in [1.54, 1.807) is 0 Å². The Balaban J connectivity index is 1.43. The molecule has 48 heavy (non-hydrogen) atoms. The third-order valence-electron chi connectivity index (χ3n) is 11.9. The molecule has 12 rings (SSSR count). The first-order valence-corrected chi connectivity index (χ1v) is 17.3. The number of benzene rings is 6. The molecule has 0 atom stereocenters. The van der Waals surface area contributed by atoms with Gasteiger partial charge in [-0.3, -0.25) is 0 Å². The van der Waals surface area contributed by atoms with Gasteiger partial charge in [0.25, 0.3) is 0 Å². The molecule has 0 bridgehead atoms. The van der Waals surface area contributed by atoms with Crippen molar-refractivity contribution >= 4 is 99.6 Å². The Morgan fingerprint density at radius 3 is 2.08 bits per heavy atom. The van der Waals surface area contributed by atoms with Crippen LogP contribution in [0, 0.1) is 0 Å². The van der Waals surface area contributed by atoms with Crippen LogP contribution in [0.25, 0.3) is 93.0 Å². The second-order valence-electron chi connectivity index (χ2n) is 16.5. The number of aromatic nitrogens is 2. The molecule has 0 amide bonds. The highest BCUT2D eigenvalue weighted by Crippen LogP contribution is 2.52. The van der Waals surface area contributed by atoms with Crippen LogP contribution in [-0.4, -0.2) is 15.7 Å². The van der Waals surface area contributed by atoms with Gasteiger partial charge in [0.05, 0.1) is 16.6 Å². The molecule has 6 aromatic carbocycles. The highest BCUT2D eigenvalue weighted by Gasteiger charge is 2.44. The first-order valence-electron chi connectivity index (χ1n) is 17.3. The van der Waals surface area contributed by atoms with E-state index < -0.39 is 0 Å². The topological polar surface area (TPSA) is 22.5 Å². The van der Waals surface area contributed by atoms with Gasteiger partial charge >= 0.3 is 6.85 Å². The Labute approximate surface area is 277 Å². The van der Waals surface area contributed by atoms with Crippen LogP contribution >= 0.6 is 0 Å². The molecule has 0 aliphatic carbocycles. The van der Waals surface area contributed by atoms with Crippen molar-refractivity contribution in [2.75, 3.05) is 0 Å². The zero-order valence-electron chi connectivity index (χ0n) is 28.0. The largest absolute Gasteiger partial charge is 0.455 e. The summed E-state index contributed by atoms with van der Waals surface area (Å²) in [5.41, 5.74) is 16.7. The average molecular weight is 617 g/mol. The third-order valence-corrected chi connectivity index (χ3v) is 11.9. The van der Waals surface area contributed by atoms with Crippen molar-refractivity contribution in [3.8, 4) is 11.1 Å². The SMILES string of the molecule is CC(C)(C)c1ccc2c(c1)c1cc(C(C)(C)C)cc3c1n2B1c2cccc4c5cccc6c7c8c(oc9ccccc98)c-3c1c7n(c24)c56. The van der Waals surface area contributed by atoms with E-state index in [0.29, 0.717) is 0 Å². The lowest BCUT2D eigenvalue weighted by molar-refractivity contribution is 0.590. The van der Waals surface area contributed by atoms with Gasteiger partial charge in [0.1, 0.15) is 11.2 Å². The molecule has 3 nitrogen and oxygen atoms in total. The Morgan fingerprint density at radius 2 is 1.27 bits per heavy atom. The fourth-order valence-electron chi connectivity index (χ4n) is 9.74. The molecule has 2 aliphatic heterocycles. The Morgan fingerprint density at radius 1 is 0.562 bits per heavy atom. The summed E-state index contributed by atoms with van der Waals surface area (Å²) in [7, 11) is 0. The summed E-state index contributed by atoms with van der Waals surface area (Å²) in [6, 6.07) is 34.8. The van der Waals surface area contributed by atoms with Gasteiger partial charge in [-0.05, 0) is 63.2 Å². The Kier molecular flexibility index (Phi) is 4.16. The number of furan rings is 1. The molecule has 4 aromatic heterocycles. The van der Waals surface area contributed by atoms with Crippen LogP contribution in [0.3, 0.4) is 0 Å². The Hall–Kier alpha value is -5.22. The second-order valence-corrected chi connectivity index (χ2v) is 16.5. The molecule has 0 unspecified atom stereocenters. The van der Waals surface area contributed by atoms with Gasteiger partial charge in [0.2, 0.25) is 0 Å². The molecule has 0 spiro atoms. The zero-order chi connectivity index (χ0) is 32.2. The standard InChI is InChI=1S/C44H33BN2O/c1-43(2,3)22-17-18-32-28(19-22)29-20-23(44(4,5)6)21-30-36-37-41-34(35-26-11-7-8-16-33(26)48-42(35)36)27-14-9-12-24-25-13-10-15-31(40(25)46(41)38(24)27)45(37)47(32)39(29)30/h7-21H,1-6H3. The maximum Gasteiger partial charge on any atom is 0.333 e. The number of hydrogen-bond acceptors (Lipinski definition) is 1. The minimum absolute atomic E-state index is 0.0226. The van der Waals surface area contributed by atoms with E-state index in [2.05, 4.69) is 141 Å². The monoisotopic (exact) mass is 616 g/mol. The molecule has 0 saturated heterocycles. The summed E-state index contributed by atoms with van der Waals surface area (Å²) in [5.74, 6) is 0. The Bertz CT molecular complexity index is 3130. The summed E-state index contributed by atoms with van der Waals surface area (Å²) in [5, 5.41) is 10.4. The molecule has 0 radical (unpaired) electrons. The van der Waals surface area contributed by atoms with Crippen molar-refractivity contribution in [2.24, 2.45) is 0 Å². The quantitative estimate of drug-likeness (QED) is 0.156. The van der Waals surface area contributed by atoms with Crippen molar-refractivity contribution < 1.29 is 4.42 Å². The normalized spacial score (nSPS) is 14.4. The van der Waals surface area contributed by atoms with E-state index >= 15 is 0 Å². The van der Waals surface area contributed by atoms with Crippen LogP contribution in [0.1, 0.15) is 52.7 Å². The van der Waals surface area contributed by atoms with Crippen LogP contribution in [0.15, 0.2) is 95.4 Å². The smallest absolute Gasteiger partial charge is 0.333 e. The molecular formula is C44H33BN2O. The van der Waals surface area contributed by atoms with Gasteiger partial charge in [-0.2, -0.15) is 0 Å².